The molecule has 4 nitrogen and oxygen atoms in total. The molecule has 0 bridgehead atoms. The number of aliphatic hydroxyl groups excluding tert-OH is 1. The summed E-state index contributed by atoms with van der Waals surface area (Å²) >= 11 is 0. The quantitative estimate of drug-likeness (QED) is 0.854. The Hall–Kier alpha value is -1.55. The normalized spacial score (nSPS) is 13.0. The van der Waals surface area contributed by atoms with Gasteiger partial charge in [-0.15, -0.1) is 0 Å². The molecule has 0 saturated heterocycles. The summed E-state index contributed by atoms with van der Waals surface area (Å²) in [6, 6.07) is 7.35. The number of anilines is 1. The highest BCUT2D eigenvalue weighted by Gasteiger charge is 2.26. The van der Waals surface area contributed by atoms with Gasteiger partial charge in [-0.05, 0) is 45.0 Å². The Labute approximate surface area is 109 Å². The van der Waals surface area contributed by atoms with E-state index in [2.05, 4.69) is 5.32 Å². The van der Waals surface area contributed by atoms with Crippen LogP contribution in [0.1, 0.15) is 31.1 Å². The van der Waals surface area contributed by atoms with Crippen molar-refractivity contribution in [3.8, 4) is 0 Å². The molecule has 1 aromatic carbocycles. The van der Waals surface area contributed by atoms with Gasteiger partial charge in [-0.3, -0.25) is 4.79 Å². The van der Waals surface area contributed by atoms with Crippen LogP contribution in [0, 0.1) is 0 Å². The lowest BCUT2D eigenvalue weighted by molar-refractivity contribution is 0.0709. The van der Waals surface area contributed by atoms with Crippen molar-refractivity contribution in [2.45, 2.75) is 32.4 Å². The predicted octanol–water partition coefficient (Wildman–Crippen LogP) is 1.64. The molecule has 0 aliphatic carbocycles. The Kier molecular flexibility index (Phi) is 4.35. The van der Waals surface area contributed by atoms with Crippen LogP contribution < -0.4 is 10.2 Å². The highest BCUT2D eigenvalue weighted by molar-refractivity contribution is 5.95. The summed E-state index contributed by atoms with van der Waals surface area (Å²) in [5, 5.41) is 12.4. The lowest BCUT2D eigenvalue weighted by Crippen LogP contribution is -2.50. The number of nitrogens with one attached hydrogen (secondary N) is 1. The molecule has 2 N–H and O–H groups in total. The van der Waals surface area contributed by atoms with Crippen molar-refractivity contribution in [2.75, 3.05) is 19.0 Å². The van der Waals surface area contributed by atoms with Gasteiger partial charge in [0.2, 0.25) is 0 Å². The van der Waals surface area contributed by atoms with E-state index in [1.807, 2.05) is 31.1 Å². The number of aliphatic hydroxyl groups is 1. The Balaban J connectivity index is 2.79. The van der Waals surface area contributed by atoms with Crippen LogP contribution >= 0.6 is 0 Å². The molecule has 0 saturated carbocycles. The average Bonchev–Trinajstić information content (AvgIpc) is 2.28. The first kappa shape index (κ1) is 14.5. The zero-order chi connectivity index (χ0) is 13.9. The number of carbonyl (C=O) groups excluding carboxylic acids is 1. The molecule has 4 heteroatoms. The Bertz CT molecular complexity index is 408. The molecule has 1 atom stereocenters. The number of rotatable bonds is 4. The van der Waals surface area contributed by atoms with Crippen molar-refractivity contribution >= 4 is 11.6 Å². The van der Waals surface area contributed by atoms with E-state index in [-0.39, 0.29) is 5.91 Å². The molecule has 0 heterocycles. The molecule has 1 rings (SSSR count). The summed E-state index contributed by atoms with van der Waals surface area (Å²) in [7, 11) is 3.90. The molecular weight excluding hydrogens is 228 g/mol. The van der Waals surface area contributed by atoms with Gasteiger partial charge in [-0.1, -0.05) is 0 Å². The van der Waals surface area contributed by atoms with Crippen molar-refractivity contribution in [2.24, 2.45) is 0 Å². The molecule has 18 heavy (non-hydrogen) atoms. The monoisotopic (exact) mass is 250 g/mol. The zero-order valence-corrected chi connectivity index (χ0v) is 11.7. The highest BCUT2D eigenvalue weighted by Crippen LogP contribution is 2.14. The topological polar surface area (TPSA) is 52.6 Å². The molecule has 100 valence electrons. The van der Waals surface area contributed by atoms with Crippen LogP contribution in [0.3, 0.4) is 0 Å². The maximum atomic E-state index is 12.0. The summed E-state index contributed by atoms with van der Waals surface area (Å²) < 4.78 is 0. The third-order valence-corrected chi connectivity index (χ3v) is 3.13. The van der Waals surface area contributed by atoms with E-state index < -0.39 is 11.6 Å². The first-order valence-corrected chi connectivity index (χ1v) is 6.02. The number of hydrogen-bond donors (Lipinski definition) is 2. The van der Waals surface area contributed by atoms with Gasteiger partial charge in [-0.2, -0.15) is 0 Å². The molecule has 0 spiro atoms. The molecule has 0 fully saturated rings. The molecule has 0 aliphatic heterocycles. The summed E-state index contributed by atoms with van der Waals surface area (Å²) in [6.07, 6.45) is -0.609. The van der Waals surface area contributed by atoms with Gasteiger partial charge in [0.1, 0.15) is 0 Å². The third kappa shape index (κ3) is 3.47. The first-order valence-electron chi connectivity index (χ1n) is 6.02. The van der Waals surface area contributed by atoms with Crippen molar-refractivity contribution < 1.29 is 9.90 Å². The molecule has 0 radical (unpaired) electrons. The van der Waals surface area contributed by atoms with Gasteiger partial charge < -0.3 is 15.3 Å². The minimum atomic E-state index is -0.642. The summed E-state index contributed by atoms with van der Waals surface area (Å²) in [5.41, 5.74) is 0.993. The van der Waals surface area contributed by atoms with Crippen LogP contribution in [-0.2, 0) is 0 Å². The van der Waals surface area contributed by atoms with Crippen LogP contribution in [0.4, 0.5) is 5.69 Å². The van der Waals surface area contributed by atoms with Gasteiger partial charge in [0.05, 0.1) is 11.6 Å². The maximum Gasteiger partial charge on any atom is 0.251 e. The summed E-state index contributed by atoms with van der Waals surface area (Å²) in [6.45, 7) is 5.25. The molecule has 0 aromatic heterocycles. The van der Waals surface area contributed by atoms with E-state index in [0.29, 0.717) is 5.56 Å². The first-order chi connectivity index (χ1) is 8.24. The van der Waals surface area contributed by atoms with Crippen molar-refractivity contribution in [3.63, 3.8) is 0 Å². The number of hydrogen-bond acceptors (Lipinski definition) is 3. The van der Waals surface area contributed by atoms with Crippen molar-refractivity contribution in [1.82, 2.24) is 5.32 Å². The fraction of sp³-hybridized carbons (Fsp3) is 0.500. The SMILES string of the molecule is CC(O)C(C)(C)NC(=O)c1ccc(N(C)C)cc1. The summed E-state index contributed by atoms with van der Waals surface area (Å²) in [5.74, 6) is -0.175. The van der Waals surface area contributed by atoms with Crippen LogP contribution in [0.15, 0.2) is 24.3 Å². The smallest absolute Gasteiger partial charge is 0.251 e. The van der Waals surface area contributed by atoms with Gasteiger partial charge in [0, 0.05) is 25.3 Å². The van der Waals surface area contributed by atoms with Crippen molar-refractivity contribution in [3.05, 3.63) is 29.8 Å². The third-order valence-electron chi connectivity index (χ3n) is 3.13. The van der Waals surface area contributed by atoms with E-state index in [4.69, 9.17) is 0 Å². The van der Waals surface area contributed by atoms with Gasteiger partial charge in [0.15, 0.2) is 0 Å². The molecule has 1 unspecified atom stereocenters. The second-order valence-corrected chi connectivity index (χ2v) is 5.29. The Morgan fingerprint density at radius 3 is 2.17 bits per heavy atom. The largest absolute Gasteiger partial charge is 0.391 e. The van der Waals surface area contributed by atoms with Crippen molar-refractivity contribution in [1.29, 1.82) is 0 Å². The van der Waals surface area contributed by atoms with Crippen LogP contribution in [-0.4, -0.2) is 36.8 Å². The van der Waals surface area contributed by atoms with Gasteiger partial charge in [-0.25, -0.2) is 0 Å². The fourth-order valence-corrected chi connectivity index (χ4v) is 1.38. The van der Waals surface area contributed by atoms with Gasteiger partial charge >= 0.3 is 0 Å². The lowest BCUT2D eigenvalue weighted by Gasteiger charge is -2.29. The van der Waals surface area contributed by atoms with E-state index in [1.54, 1.807) is 32.9 Å². The fourth-order valence-electron chi connectivity index (χ4n) is 1.38. The predicted molar refractivity (Wildman–Crippen MR) is 74.0 cm³/mol. The van der Waals surface area contributed by atoms with Crippen LogP contribution in [0.25, 0.3) is 0 Å². The standard InChI is InChI=1S/C14H22N2O2/c1-10(17)14(2,3)15-13(18)11-6-8-12(9-7-11)16(4)5/h6-10,17H,1-5H3,(H,15,18). The second kappa shape index (κ2) is 5.40. The Morgan fingerprint density at radius 1 is 1.28 bits per heavy atom. The minimum Gasteiger partial charge on any atom is -0.391 e. The number of benzene rings is 1. The van der Waals surface area contributed by atoms with Crippen LogP contribution in [0.5, 0.6) is 0 Å². The van der Waals surface area contributed by atoms with Gasteiger partial charge in [0.25, 0.3) is 5.91 Å². The molecule has 1 aromatic rings. The molecule has 1 amide bonds. The average molecular weight is 250 g/mol. The number of amides is 1. The van der Waals surface area contributed by atoms with E-state index >= 15 is 0 Å². The van der Waals surface area contributed by atoms with E-state index in [9.17, 15) is 9.90 Å². The van der Waals surface area contributed by atoms with E-state index in [0.717, 1.165) is 5.69 Å². The Morgan fingerprint density at radius 2 is 1.78 bits per heavy atom. The zero-order valence-electron chi connectivity index (χ0n) is 11.7. The highest BCUT2D eigenvalue weighted by atomic mass is 16.3. The lowest BCUT2D eigenvalue weighted by atomic mass is 9.98. The maximum absolute atomic E-state index is 12.0. The summed E-state index contributed by atoms with van der Waals surface area (Å²) in [4.78, 5) is 14.0. The molecule has 0 aliphatic rings. The van der Waals surface area contributed by atoms with Crippen LogP contribution in [0.2, 0.25) is 0 Å². The molecular formula is C14H22N2O2. The number of carbonyl (C=O) groups is 1. The minimum absolute atomic E-state index is 0.175. The van der Waals surface area contributed by atoms with E-state index in [1.165, 1.54) is 0 Å². The second-order valence-electron chi connectivity index (χ2n) is 5.29. The number of nitrogens with zero attached hydrogens (tertiary/aromatic N) is 1.